The lowest BCUT2D eigenvalue weighted by Gasteiger charge is -2.42. The molecule has 0 spiro atoms. The van der Waals surface area contributed by atoms with Gasteiger partial charge in [-0.25, -0.2) is 0 Å². The maximum atomic E-state index is 12.5. The van der Waals surface area contributed by atoms with Gasteiger partial charge in [0.1, 0.15) is 5.69 Å². The summed E-state index contributed by atoms with van der Waals surface area (Å²) in [5, 5.41) is 3.28. The van der Waals surface area contributed by atoms with E-state index in [1.165, 1.54) is 44.1 Å². The highest BCUT2D eigenvalue weighted by Gasteiger charge is 2.37. The van der Waals surface area contributed by atoms with E-state index in [4.69, 9.17) is 0 Å². The van der Waals surface area contributed by atoms with E-state index < -0.39 is 0 Å². The van der Waals surface area contributed by atoms with Gasteiger partial charge < -0.3 is 5.32 Å². The Morgan fingerprint density at radius 1 is 1.14 bits per heavy atom. The second kappa shape index (κ2) is 6.17. The van der Waals surface area contributed by atoms with Crippen molar-refractivity contribution in [2.45, 2.75) is 64.3 Å². The van der Waals surface area contributed by atoms with Crippen LogP contribution in [0.4, 0.5) is 0 Å². The minimum absolute atomic E-state index is 0.00843. The summed E-state index contributed by atoms with van der Waals surface area (Å²) in [7, 11) is 0. The quantitative estimate of drug-likeness (QED) is 0.892. The average molecular weight is 286 g/mol. The molecular formula is C18H26N2O. The summed E-state index contributed by atoms with van der Waals surface area (Å²) in [6, 6.07) is 4.27. The minimum Gasteiger partial charge on any atom is -0.347 e. The Morgan fingerprint density at radius 2 is 1.76 bits per heavy atom. The normalized spacial score (nSPS) is 19.4. The molecule has 1 N–H and O–H groups in total. The molecule has 1 amide bonds. The number of amides is 1. The van der Waals surface area contributed by atoms with Gasteiger partial charge in [0, 0.05) is 12.2 Å². The molecule has 2 aliphatic rings. The molecule has 2 saturated carbocycles. The summed E-state index contributed by atoms with van der Waals surface area (Å²) in [6.45, 7) is 4.28. The number of nitrogens with one attached hydrogen (secondary N) is 1. The summed E-state index contributed by atoms with van der Waals surface area (Å²) < 4.78 is 0. The maximum Gasteiger partial charge on any atom is 0.270 e. The largest absolute Gasteiger partial charge is 0.347 e. The van der Waals surface area contributed by atoms with Crippen LogP contribution >= 0.6 is 0 Å². The molecule has 0 saturated heterocycles. The molecule has 0 aromatic carbocycles. The molecule has 0 unspecified atom stereocenters. The van der Waals surface area contributed by atoms with Crippen molar-refractivity contribution in [1.82, 2.24) is 10.3 Å². The molecule has 1 heterocycles. The summed E-state index contributed by atoms with van der Waals surface area (Å²) in [5.74, 6) is 1.87. The Hall–Kier alpha value is -1.38. The Morgan fingerprint density at radius 3 is 2.14 bits per heavy atom. The molecule has 0 aliphatic heterocycles. The van der Waals surface area contributed by atoms with E-state index in [1.807, 2.05) is 18.3 Å². The van der Waals surface area contributed by atoms with Crippen LogP contribution < -0.4 is 5.32 Å². The predicted octanol–water partition coefficient (Wildman–Crippen LogP) is 3.90. The van der Waals surface area contributed by atoms with Crippen LogP contribution in [0.15, 0.2) is 18.3 Å². The fourth-order valence-corrected chi connectivity index (χ4v) is 3.32. The first-order chi connectivity index (χ1) is 10.1. The Kier molecular flexibility index (Phi) is 4.27. The van der Waals surface area contributed by atoms with Gasteiger partial charge in [0.05, 0.1) is 0 Å². The third kappa shape index (κ3) is 3.12. The van der Waals surface area contributed by atoms with Crippen LogP contribution in [0.2, 0.25) is 0 Å². The van der Waals surface area contributed by atoms with Crippen molar-refractivity contribution in [3.63, 3.8) is 0 Å². The third-order valence-corrected chi connectivity index (χ3v) is 5.30. The smallest absolute Gasteiger partial charge is 0.270 e. The number of rotatable bonds is 5. The SMILES string of the molecule is CC(C)c1ccc(C(=O)NC(C2CCC2)C2CCC2)nc1. The summed E-state index contributed by atoms with van der Waals surface area (Å²) in [5.41, 5.74) is 1.74. The molecule has 2 fully saturated rings. The van der Waals surface area contributed by atoms with E-state index in [9.17, 15) is 4.79 Å². The number of hydrogen-bond acceptors (Lipinski definition) is 2. The van der Waals surface area contributed by atoms with E-state index in [0.29, 0.717) is 29.5 Å². The fourth-order valence-electron chi connectivity index (χ4n) is 3.32. The number of carbonyl (C=O) groups is 1. The summed E-state index contributed by atoms with van der Waals surface area (Å²) >= 11 is 0. The van der Waals surface area contributed by atoms with Gasteiger partial charge in [0.2, 0.25) is 0 Å². The monoisotopic (exact) mass is 286 g/mol. The molecule has 3 nitrogen and oxygen atoms in total. The van der Waals surface area contributed by atoms with E-state index in [2.05, 4.69) is 24.1 Å². The van der Waals surface area contributed by atoms with E-state index >= 15 is 0 Å². The second-order valence-electron chi connectivity index (χ2n) is 7.01. The molecule has 114 valence electrons. The van der Waals surface area contributed by atoms with Crippen LogP contribution in [0.5, 0.6) is 0 Å². The van der Waals surface area contributed by atoms with Crippen molar-refractivity contribution in [3.8, 4) is 0 Å². The number of pyridine rings is 1. The first kappa shape index (κ1) is 14.6. The lowest BCUT2D eigenvalue weighted by atomic mass is 9.68. The third-order valence-electron chi connectivity index (χ3n) is 5.30. The van der Waals surface area contributed by atoms with E-state index in [-0.39, 0.29) is 5.91 Å². The standard InChI is InChI=1S/C18H26N2O/c1-12(2)15-9-10-16(19-11-15)18(21)20-17(13-5-3-6-13)14-7-4-8-14/h9-14,17H,3-8H2,1-2H3,(H,20,21). The van der Waals surface area contributed by atoms with Crippen LogP contribution in [-0.4, -0.2) is 16.9 Å². The van der Waals surface area contributed by atoms with Crippen molar-refractivity contribution in [3.05, 3.63) is 29.6 Å². The van der Waals surface area contributed by atoms with Crippen molar-refractivity contribution >= 4 is 5.91 Å². The van der Waals surface area contributed by atoms with Crippen LogP contribution in [0, 0.1) is 11.8 Å². The topological polar surface area (TPSA) is 42.0 Å². The van der Waals surface area contributed by atoms with Crippen molar-refractivity contribution in [1.29, 1.82) is 0 Å². The fraction of sp³-hybridized carbons (Fsp3) is 0.667. The van der Waals surface area contributed by atoms with Gasteiger partial charge in [-0.15, -0.1) is 0 Å². The molecule has 1 aromatic heterocycles. The Balaban J connectivity index is 1.65. The highest BCUT2D eigenvalue weighted by molar-refractivity contribution is 5.92. The molecule has 1 aromatic rings. The highest BCUT2D eigenvalue weighted by atomic mass is 16.1. The second-order valence-corrected chi connectivity index (χ2v) is 7.01. The molecule has 0 atom stereocenters. The number of nitrogens with zero attached hydrogens (tertiary/aromatic N) is 1. The van der Waals surface area contributed by atoms with Crippen LogP contribution in [0.25, 0.3) is 0 Å². The minimum atomic E-state index is 0.00843. The zero-order chi connectivity index (χ0) is 14.8. The molecule has 0 bridgehead atoms. The molecule has 0 radical (unpaired) electrons. The van der Waals surface area contributed by atoms with Crippen LogP contribution in [0.1, 0.15) is 74.3 Å². The Bertz CT molecular complexity index is 472. The first-order valence-electron chi connectivity index (χ1n) is 8.42. The van der Waals surface area contributed by atoms with Gasteiger partial charge in [-0.05, 0) is 55.1 Å². The maximum absolute atomic E-state index is 12.5. The molecule has 3 rings (SSSR count). The lowest BCUT2D eigenvalue weighted by Crippen LogP contribution is -2.49. The van der Waals surface area contributed by atoms with Gasteiger partial charge in [0.25, 0.3) is 5.91 Å². The van der Waals surface area contributed by atoms with Gasteiger partial charge in [-0.1, -0.05) is 32.8 Å². The van der Waals surface area contributed by atoms with Crippen molar-refractivity contribution in [2.24, 2.45) is 11.8 Å². The highest BCUT2D eigenvalue weighted by Crippen LogP contribution is 2.40. The summed E-state index contributed by atoms with van der Waals surface area (Å²) in [6.07, 6.45) is 9.60. The van der Waals surface area contributed by atoms with E-state index in [1.54, 1.807) is 0 Å². The first-order valence-corrected chi connectivity index (χ1v) is 8.42. The van der Waals surface area contributed by atoms with Gasteiger partial charge in [0.15, 0.2) is 0 Å². The predicted molar refractivity (Wildman–Crippen MR) is 84.3 cm³/mol. The Labute approximate surface area is 127 Å². The molecular weight excluding hydrogens is 260 g/mol. The van der Waals surface area contributed by atoms with Crippen molar-refractivity contribution in [2.75, 3.05) is 0 Å². The van der Waals surface area contributed by atoms with Gasteiger partial charge >= 0.3 is 0 Å². The number of aromatic nitrogens is 1. The van der Waals surface area contributed by atoms with Gasteiger partial charge in [-0.2, -0.15) is 0 Å². The van der Waals surface area contributed by atoms with E-state index in [0.717, 1.165) is 0 Å². The lowest BCUT2D eigenvalue weighted by molar-refractivity contribution is 0.0784. The zero-order valence-electron chi connectivity index (χ0n) is 13.1. The molecule has 2 aliphatic carbocycles. The van der Waals surface area contributed by atoms with Crippen LogP contribution in [0.3, 0.4) is 0 Å². The zero-order valence-corrected chi connectivity index (χ0v) is 13.1. The number of hydrogen-bond donors (Lipinski definition) is 1. The molecule has 21 heavy (non-hydrogen) atoms. The molecule has 3 heteroatoms. The van der Waals surface area contributed by atoms with Crippen molar-refractivity contribution < 1.29 is 4.79 Å². The summed E-state index contributed by atoms with van der Waals surface area (Å²) in [4.78, 5) is 16.8. The number of carbonyl (C=O) groups excluding carboxylic acids is 1. The average Bonchev–Trinajstić information content (AvgIpc) is 2.34. The van der Waals surface area contributed by atoms with Gasteiger partial charge in [-0.3, -0.25) is 9.78 Å². The van der Waals surface area contributed by atoms with Crippen LogP contribution in [-0.2, 0) is 0 Å².